The Labute approximate surface area is 157 Å². The number of aromatic nitrogens is 2. The summed E-state index contributed by atoms with van der Waals surface area (Å²) >= 11 is 0. The minimum atomic E-state index is -0.376. The smallest absolute Gasteiger partial charge is 0.193 e. The maximum absolute atomic E-state index is 12.8. The number of carbonyl (C=O) groups excluding carboxylic acids is 1. The molecule has 0 radical (unpaired) electrons. The fourth-order valence-corrected chi connectivity index (χ4v) is 2.87. The Kier molecular flexibility index (Phi) is 5.26. The number of phenols is 1. The molecule has 27 heavy (non-hydrogen) atoms. The molecule has 0 aliphatic heterocycles. The standard InChI is InChI=1S/C21H20N2O4/c1-23-15(11-12-22-23)19-17(26-2)13-18(27-3)20(21(19)25)16(24)10-9-14-7-5-4-6-8-14/h4-13,25H,1-3H3/b10-9+. The molecular formula is C21H20N2O4. The van der Waals surface area contributed by atoms with Crippen molar-refractivity contribution in [2.75, 3.05) is 14.2 Å². The number of ether oxygens (including phenoxy) is 2. The molecule has 3 rings (SSSR count). The Morgan fingerprint density at radius 2 is 1.81 bits per heavy atom. The number of hydrogen-bond acceptors (Lipinski definition) is 5. The number of methoxy groups -OCH3 is 2. The average molecular weight is 364 g/mol. The van der Waals surface area contributed by atoms with E-state index in [1.54, 1.807) is 36.1 Å². The van der Waals surface area contributed by atoms with E-state index in [1.807, 2.05) is 30.3 Å². The summed E-state index contributed by atoms with van der Waals surface area (Å²) in [6, 6.07) is 12.8. The average Bonchev–Trinajstić information content (AvgIpc) is 3.11. The molecule has 1 heterocycles. The largest absolute Gasteiger partial charge is 0.506 e. The molecule has 138 valence electrons. The van der Waals surface area contributed by atoms with Gasteiger partial charge in [0.2, 0.25) is 0 Å². The summed E-state index contributed by atoms with van der Waals surface area (Å²) in [5.74, 6) is 0.0336. The van der Waals surface area contributed by atoms with Crippen LogP contribution in [0, 0.1) is 0 Å². The number of carbonyl (C=O) groups is 1. The molecule has 6 nitrogen and oxygen atoms in total. The maximum atomic E-state index is 12.8. The lowest BCUT2D eigenvalue weighted by Crippen LogP contribution is -2.04. The Morgan fingerprint density at radius 3 is 2.41 bits per heavy atom. The van der Waals surface area contributed by atoms with Gasteiger partial charge in [0.05, 0.1) is 25.5 Å². The van der Waals surface area contributed by atoms with Crippen LogP contribution in [0.4, 0.5) is 0 Å². The van der Waals surface area contributed by atoms with E-state index < -0.39 is 0 Å². The lowest BCUT2D eigenvalue weighted by atomic mass is 9.99. The lowest BCUT2D eigenvalue weighted by molar-refractivity contribution is 0.104. The second kappa shape index (κ2) is 7.78. The van der Waals surface area contributed by atoms with Gasteiger partial charge in [-0.1, -0.05) is 36.4 Å². The van der Waals surface area contributed by atoms with Crippen LogP contribution < -0.4 is 9.47 Å². The quantitative estimate of drug-likeness (QED) is 0.533. The van der Waals surface area contributed by atoms with Crippen molar-refractivity contribution in [3.63, 3.8) is 0 Å². The molecule has 0 aliphatic rings. The molecule has 3 aromatic rings. The van der Waals surface area contributed by atoms with Gasteiger partial charge in [-0.3, -0.25) is 9.48 Å². The van der Waals surface area contributed by atoms with Crippen LogP contribution in [0.2, 0.25) is 0 Å². The van der Waals surface area contributed by atoms with Crippen LogP contribution in [-0.2, 0) is 7.05 Å². The fourth-order valence-electron chi connectivity index (χ4n) is 2.87. The SMILES string of the molecule is COc1cc(OC)c(-c2ccnn2C)c(O)c1C(=O)/C=C/c1ccccc1. The van der Waals surface area contributed by atoms with E-state index >= 15 is 0 Å². The molecule has 2 aromatic carbocycles. The summed E-state index contributed by atoms with van der Waals surface area (Å²) in [4.78, 5) is 12.8. The maximum Gasteiger partial charge on any atom is 0.193 e. The van der Waals surface area contributed by atoms with Crippen molar-refractivity contribution in [3.8, 4) is 28.5 Å². The molecule has 0 saturated heterocycles. The van der Waals surface area contributed by atoms with Gasteiger partial charge in [-0.15, -0.1) is 0 Å². The van der Waals surface area contributed by atoms with Gasteiger partial charge in [-0.2, -0.15) is 5.10 Å². The van der Waals surface area contributed by atoms with E-state index in [9.17, 15) is 9.90 Å². The molecule has 6 heteroatoms. The van der Waals surface area contributed by atoms with E-state index in [0.29, 0.717) is 17.0 Å². The number of benzene rings is 2. The predicted molar refractivity (Wildman–Crippen MR) is 103 cm³/mol. The summed E-state index contributed by atoms with van der Waals surface area (Å²) in [5, 5.41) is 15.0. The van der Waals surface area contributed by atoms with Gasteiger partial charge in [0.15, 0.2) is 5.78 Å². The normalized spacial score (nSPS) is 10.9. The number of aryl methyl sites for hydroxylation is 1. The van der Waals surface area contributed by atoms with Crippen molar-refractivity contribution < 1.29 is 19.4 Å². The highest BCUT2D eigenvalue weighted by Gasteiger charge is 2.25. The number of aromatic hydroxyl groups is 1. The zero-order chi connectivity index (χ0) is 19.4. The van der Waals surface area contributed by atoms with Crippen molar-refractivity contribution in [1.29, 1.82) is 0 Å². The number of phenolic OH excluding ortho intramolecular Hbond substituents is 1. The Morgan fingerprint density at radius 1 is 1.11 bits per heavy atom. The lowest BCUT2D eigenvalue weighted by Gasteiger charge is -2.16. The minimum Gasteiger partial charge on any atom is -0.506 e. The van der Waals surface area contributed by atoms with E-state index in [1.165, 1.54) is 20.3 Å². The van der Waals surface area contributed by atoms with E-state index in [2.05, 4.69) is 5.10 Å². The predicted octanol–water partition coefficient (Wildman–Crippen LogP) is 3.71. The Hall–Kier alpha value is -3.54. The third-order valence-electron chi connectivity index (χ3n) is 4.22. The van der Waals surface area contributed by atoms with E-state index in [4.69, 9.17) is 9.47 Å². The fraction of sp³-hybridized carbons (Fsp3) is 0.143. The third kappa shape index (κ3) is 3.55. The van der Waals surface area contributed by atoms with Gasteiger partial charge in [-0.25, -0.2) is 0 Å². The van der Waals surface area contributed by atoms with Crippen LogP contribution in [0.5, 0.6) is 17.2 Å². The Bertz CT molecular complexity index is 991. The second-order valence-corrected chi connectivity index (χ2v) is 5.83. The first-order valence-corrected chi connectivity index (χ1v) is 8.30. The van der Waals surface area contributed by atoms with Crippen LogP contribution in [0.15, 0.2) is 54.7 Å². The van der Waals surface area contributed by atoms with Gasteiger partial charge in [0.1, 0.15) is 22.8 Å². The van der Waals surface area contributed by atoms with Gasteiger partial charge < -0.3 is 14.6 Å². The molecule has 1 N–H and O–H groups in total. The molecular weight excluding hydrogens is 344 g/mol. The number of ketones is 1. The van der Waals surface area contributed by atoms with Crippen LogP contribution in [0.1, 0.15) is 15.9 Å². The van der Waals surface area contributed by atoms with Crippen molar-refractivity contribution >= 4 is 11.9 Å². The summed E-state index contributed by atoms with van der Waals surface area (Å²) in [5.41, 5.74) is 1.95. The number of nitrogens with zero attached hydrogens (tertiary/aromatic N) is 2. The van der Waals surface area contributed by atoms with E-state index in [0.717, 1.165) is 5.56 Å². The number of rotatable bonds is 6. The molecule has 0 atom stereocenters. The molecule has 1 aromatic heterocycles. The van der Waals surface area contributed by atoms with Gasteiger partial charge >= 0.3 is 0 Å². The molecule has 0 fully saturated rings. The minimum absolute atomic E-state index is 0.0710. The summed E-state index contributed by atoms with van der Waals surface area (Å²) < 4.78 is 12.3. The van der Waals surface area contributed by atoms with Gasteiger partial charge in [0, 0.05) is 19.3 Å². The van der Waals surface area contributed by atoms with Crippen molar-refractivity contribution in [2.45, 2.75) is 0 Å². The summed E-state index contributed by atoms with van der Waals surface area (Å²) in [7, 11) is 4.68. The second-order valence-electron chi connectivity index (χ2n) is 5.83. The zero-order valence-corrected chi connectivity index (χ0v) is 15.3. The molecule has 0 aliphatic carbocycles. The van der Waals surface area contributed by atoms with Crippen LogP contribution in [-0.4, -0.2) is 34.9 Å². The first kappa shape index (κ1) is 18.3. The first-order chi connectivity index (χ1) is 13.1. The van der Waals surface area contributed by atoms with Crippen molar-refractivity contribution in [2.24, 2.45) is 7.05 Å². The molecule has 0 amide bonds. The molecule has 0 bridgehead atoms. The van der Waals surface area contributed by atoms with Crippen molar-refractivity contribution in [3.05, 3.63) is 65.9 Å². The topological polar surface area (TPSA) is 73.6 Å². The first-order valence-electron chi connectivity index (χ1n) is 8.30. The van der Waals surface area contributed by atoms with E-state index in [-0.39, 0.29) is 22.8 Å². The van der Waals surface area contributed by atoms with Gasteiger partial charge in [0.25, 0.3) is 0 Å². The highest BCUT2D eigenvalue weighted by Crippen LogP contribution is 2.44. The van der Waals surface area contributed by atoms with Crippen LogP contribution >= 0.6 is 0 Å². The summed E-state index contributed by atoms with van der Waals surface area (Å²) in [6.45, 7) is 0. The van der Waals surface area contributed by atoms with Crippen molar-refractivity contribution in [1.82, 2.24) is 9.78 Å². The highest BCUT2D eigenvalue weighted by molar-refractivity contribution is 6.12. The van der Waals surface area contributed by atoms with Crippen LogP contribution in [0.3, 0.4) is 0 Å². The summed E-state index contributed by atoms with van der Waals surface area (Å²) in [6.07, 6.45) is 4.71. The Balaban J connectivity index is 2.13. The highest BCUT2D eigenvalue weighted by atomic mass is 16.5. The monoisotopic (exact) mass is 364 g/mol. The van der Waals surface area contributed by atoms with Crippen LogP contribution in [0.25, 0.3) is 17.3 Å². The third-order valence-corrected chi connectivity index (χ3v) is 4.22. The number of hydrogen-bond donors (Lipinski definition) is 1. The molecule has 0 unspecified atom stereocenters. The molecule has 0 saturated carbocycles. The van der Waals surface area contributed by atoms with Gasteiger partial charge in [-0.05, 0) is 17.7 Å². The number of allylic oxidation sites excluding steroid dienone is 1. The zero-order valence-electron chi connectivity index (χ0n) is 15.3. The molecule has 0 spiro atoms.